The number of unbranched alkanes of at least 4 members (excludes halogenated alkanes) is 1. The molecule has 3 heteroatoms. The molecule has 0 aliphatic carbocycles. The molecule has 0 heterocycles. The number of allylic oxidation sites excluding steroid dienone is 1. The van der Waals surface area contributed by atoms with E-state index in [2.05, 4.69) is 6.58 Å². The Morgan fingerprint density at radius 1 is 1.56 bits per heavy atom. The van der Waals surface area contributed by atoms with Crippen LogP contribution in [0.4, 0.5) is 4.39 Å². The minimum atomic E-state index is -0.494. The first kappa shape index (κ1) is 12.4. The van der Waals surface area contributed by atoms with Gasteiger partial charge in [0.1, 0.15) is 0 Å². The molecule has 0 radical (unpaired) electrons. The molecule has 2 nitrogen and oxygen atoms in total. The first-order chi connectivity index (χ1) is 7.65. The van der Waals surface area contributed by atoms with E-state index >= 15 is 0 Å². The van der Waals surface area contributed by atoms with Gasteiger partial charge in [-0.2, -0.15) is 0 Å². The zero-order chi connectivity index (χ0) is 12.0. The number of ketones is 1. The fourth-order valence-corrected chi connectivity index (χ4v) is 1.25. The molecule has 0 aromatic heterocycles. The van der Waals surface area contributed by atoms with Gasteiger partial charge in [0, 0.05) is 5.56 Å². The molecule has 0 N–H and O–H groups in total. The number of rotatable bonds is 6. The first-order valence-corrected chi connectivity index (χ1v) is 5.19. The van der Waals surface area contributed by atoms with Crippen molar-refractivity contribution in [2.45, 2.75) is 19.8 Å². The first-order valence-electron chi connectivity index (χ1n) is 5.19. The Labute approximate surface area is 94.7 Å². The fraction of sp³-hybridized carbons (Fsp3) is 0.308. The fourth-order valence-electron chi connectivity index (χ4n) is 1.25. The van der Waals surface area contributed by atoms with Crippen molar-refractivity contribution in [2.24, 2.45) is 0 Å². The number of Topliss-reactive ketones (excluding diaryl/α,β-unsaturated/α-hetero) is 1. The van der Waals surface area contributed by atoms with Crippen molar-refractivity contribution < 1.29 is 13.9 Å². The Kier molecular flexibility index (Phi) is 4.70. The summed E-state index contributed by atoms with van der Waals surface area (Å²) >= 11 is 0. The summed E-state index contributed by atoms with van der Waals surface area (Å²) in [5.41, 5.74) is 0.357. The smallest absolute Gasteiger partial charge is 0.165 e. The molecule has 1 aromatic carbocycles. The molecule has 0 unspecified atom stereocenters. The van der Waals surface area contributed by atoms with Gasteiger partial charge in [-0.3, -0.25) is 4.79 Å². The van der Waals surface area contributed by atoms with E-state index in [0.29, 0.717) is 12.2 Å². The van der Waals surface area contributed by atoms with Crippen molar-refractivity contribution in [3.05, 3.63) is 42.2 Å². The number of benzene rings is 1. The van der Waals surface area contributed by atoms with Crippen LogP contribution in [0.3, 0.4) is 0 Å². The molecule has 0 saturated heterocycles. The second-order valence-electron chi connectivity index (χ2n) is 3.48. The number of hydrogen-bond donors (Lipinski definition) is 0. The van der Waals surface area contributed by atoms with Crippen molar-refractivity contribution in [2.75, 3.05) is 6.61 Å². The molecule has 0 spiro atoms. The van der Waals surface area contributed by atoms with Crippen LogP contribution in [-0.4, -0.2) is 12.4 Å². The number of carbonyl (C=O) groups is 1. The summed E-state index contributed by atoms with van der Waals surface area (Å²) in [5, 5.41) is 0. The highest BCUT2D eigenvalue weighted by Crippen LogP contribution is 2.18. The standard InChI is InChI=1S/C13H15FO2/c1-3-4-5-8-16-13-7-6-11(10(2)15)9-12(13)14/h3,6-7,9H,1,4-5,8H2,2H3. The maximum Gasteiger partial charge on any atom is 0.165 e. The molecule has 0 aliphatic rings. The summed E-state index contributed by atoms with van der Waals surface area (Å²) in [6.45, 7) is 5.44. The van der Waals surface area contributed by atoms with E-state index in [-0.39, 0.29) is 11.5 Å². The molecule has 16 heavy (non-hydrogen) atoms. The summed E-state index contributed by atoms with van der Waals surface area (Å²) in [6, 6.07) is 4.25. The topological polar surface area (TPSA) is 26.3 Å². The van der Waals surface area contributed by atoms with Crippen molar-refractivity contribution in [3.63, 3.8) is 0 Å². The predicted octanol–water partition coefficient (Wildman–Crippen LogP) is 3.37. The number of hydrogen-bond acceptors (Lipinski definition) is 2. The van der Waals surface area contributed by atoms with E-state index in [1.165, 1.54) is 19.1 Å². The minimum Gasteiger partial charge on any atom is -0.491 e. The lowest BCUT2D eigenvalue weighted by atomic mass is 10.1. The highest BCUT2D eigenvalue weighted by molar-refractivity contribution is 5.94. The van der Waals surface area contributed by atoms with Gasteiger partial charge in [0.15, 0.2) is 17.3 Å². The number of ether oxygens (including phenoxy) is 1. The Bertz CT molecular complexity index is 386. The van der Waals surface area contributed by atoms with Crippen molar-refractivity contribution in [3.8, 4) is 5.75 Å². The van der Waals surface area contributed by atoms with Crippen LogP contribution in [0.2, 0.25) is 0 Å². The van der Waals surface area contributed by atoms with Crippen LogP contribution in [-0.2, 0) is 0 Å². The van der Waals surface area contributed by atoms with E-state index in [9.17, 15) is 9.18 Å². The quantitative estimate of drug-likeness (QED) is 0.419. The zero-order valence-corrected chi connectivity index (χ0v) is 9.33. The highest BCUT2D eigenvalue weighted by atomic mass is 19.1. The minimum absolute atomic E-state index is 0.155. The van der Waals surface area contributed by atoms with Crippen LogP contribution < -0.4 is 4.74 Å². The molecule has 0 atom stereocenters. The van der Waals surface area contributed by atoms with Crippen molar-refractivity contribution >= 4 is 5.78 Å². The second kappa shape index (κ2) is 6.05. The average Bonchev–Trinajstić information content (AvgIpc) is 2.26. The number of carbonyl (C=O) groups excluding carboxylic acids is 1. The Morgan fingerprint density at radius 2 is 2.31 bits per heavy atom. The third-order valence-corrected chi connectivity index (χ3v) is 2.15. The number of halogens is 1. The van der Waals surface area contributed by atoms with E-state index < -0.39 is 5.82 Å². The zero-order valence-electron chi connectivity index (χ0n) is 9.33. The molecule has 0 saturated carbocycles. The Hall–Kier alpha value is -1.64. The van der Waals surface area contributed by atoms with Gasteiger partial charge in [0.2, 0.25) is 0 Å². The van der Waals surface area contributed by atoms with Gasteiger partial charge >= 0.3 is 0 Å². The third-order valence-electron chi connectivity index (χ3n) is 2.15. The summed E-state index contributed by atoms with van der Waals surface area (Å²) < 4.78 is 18.7. The van der Waals surface area contributed by atoms with Gasteiger partial charge in [-0.1, -0.05) is 6.08 Å². The van der Waals surface area contributed by atoms with Gasteiger partial charge in [-0.25, -0.2) is 4.39 Å². The molecule has 1 rings (SSSR count). The average molecular weight is 222 g/mol. The van der Waals surface area contributed by atoms with E-state index in [1.54, 1.807) is 12.1 Å². The summed E-state index contributed by atoms with van der Waals surface area (Å²) in [7, 11) is 0. The van der Waals surface area contributed by atoms with Crippen LogP contribution in [0.25, 0.3) is 0 Å². The van der Waals surface area contributed by atoms with Gasteiger partial charge in [0.05, 0.1) is 6.61 Å². The van der Waals surface area contributed by atoms with Gasteiger partial charge in [-0.05, 0) is 38.0 Å². The molecule has 0 fully saturated rings. The maximum atomic E-state index is 13.4. The molecule has 0 bridgehead atoms. The molecular formula is C13H15FO2. The molecule has 86 valence electrons. The van der Waals surface area contributed by atoms with Gasteiger partial charge in [0.25, 0.3) is 0 Å². The molecule has 0 aliphatic heterocycles. The van der Waals surface area contributed by atoms with Crippen molar-refractivity contribution in [1.82, 2.24) is 0 Å². The molecular weight excluding hydrogens is 207 g/mol. The van der Waals surface area contributed by atoms with Gasteiger partial charge < -0.3 is 4.74 Å². The SMILES string of the molecule is C=CCCCOc1ccc(C(C)=O)cc1F. The van der Waals surface area contributed by atoms with Gasteiger partial charge in [-0.15, -0.1) is 6.58 Å². The van der Waals surface area contributed by atoms with Crippen LogP contribution >= 0.6 is 0 Å². The molecule has 1 aromatic rings. The molecule has 0 amide bonds. The predicted molar refractivity (Wildman–Crippen MR) is 61.3 cm³/mol. The Balaban J connectivity index is 2.61. The maximum absolute atomic E-state index is 13.4. The van der Waals surface area contributed by atoms with E-state index in [4.69, 9.17) is 4.74 Å². The van der Waals surface area contributed by atoms with Crippen LogP contribution in [0, 0.1) is 5.82 Å². The van der Waals surface area contributed by atoms with Crippen LogP contribution in [0.1, 0.15) is 30.1 Å². The summed E-state index contributed by atoms with van der Waals surface area (Å²) in [4.78, 5) is 11.0. The highest BCUT2D eigenvalue weighted by Gasteiger charge is 2.06. The third kappa shape index (κ3) is 3.50. The summed E-state index contributed by atoms with van der Waals surface area (Å²) in [6.07, 6.45) is 3.43. The lowest BCUT2D eigenvalue weighted by Gasteiger charge is -2.07. The normalized spacial score (nSPS) is 9.88. The van der Waals surface area contributed by atoms with Crippen molar-refractivity contribution in [1.29, 1.82) is 0 Å². The monoisotopic (exact) mass is 222 g/mol. The van der Waals surface area contributed by atoms with E-state index in [1.807, 2.05) is 0 Å². The van der Waals surface area contributed by atoms with Crippen LogP contribution in [0.15, 0.2) is 30.9 Å². The summed E-state index contributed by atoms with van der Waals surface area (Å²) in [5.74, 6) is -0.461. The van der Waals surface area contributed by atoms with E-state index in [0.717, 1.165) is 12.8 Å². The lowest BCUT2D eigenvalue weighted by Crippen LogP contribution is -2.00. The van der Waals surface area contributed by atoms with Crippen LogP contribution in [0.5, 0.6) is 5.75 Å². The largest absolute Gasteiger partial charge is 0.491 e. The lowest BCUT2D eigenvalue weighted by molar-refractivity contribution is 0.101. The second-order valence-corrected chi connectivity index (χ2v) is 3.48. The Morgan fingerprint density at radius 3 is 2.88 bits per heavy atom.